The molecule has 0 saturated carbocycles. The van der Waals surface area contributed by atoms with Crippen LogP contribution in [0.5, 0.6) is 5.75 Å². The number of pyridine rings is 1. The van der Waals surface area contributed by atoms with E-state index < -0.39 is 0 Å². The van der Waals surface area contributed by atoms with Crippen LogP contribution < -0.4 is 15.0 Å². The topological polar surface area (TPSA) is 104 Å². The quantitative estimate of drug-likeness (QED) is 0.417. The number of piperazine rings is 1. The Labute approximate surface area is 203 Å². The minimum atomic E-state index is 0.204. The van der Waals surface area contributed by atoms with E-state index in [-0.39, 0.29) is 6.61 Å². The number of anilines is 2. The van der Waals surface area contributed by atoms with E-state index in [0.29, 0.717) is 12.5 Å². The Balaban J connectivity index is 1.19. The minimum absolute atomic E-state index is 0.204. The lowest BCUT2D eigenvalue weighted by molar-refractivity contribution is 0.188. The summed E-state index contributed by atoms with van der Waals surface area (Å²) >= 11 is 0. The van der Waals surface area contributed by atoms with Gasteiger partial charge in [-0.1, -0.05) is 12.1 Å². The molecular formula is C25H28N8O2. The molecule has 2 aliphatic rings. The van der Waals surface area contributed by atoms with Gasteiger partial charge in [-0.15, -0.1) is 10.2 Å². The average Bonchev–Trinajstić information content (AvgIpc) is 3.59. The summed E-state index contributed by atoms with van der Waals surface area (Å²) in [5.41, 5.74) is 5.04. The second-order valence-corrected chi connectivity index (χ2v) is 8.82. The summed E-state index contributed by atoms with van der Waals surface area (Å²) in [6.45, 7) is 5.99. The molecule has 2 N–H and O–H groups in total. The van der Waals surface area contributed by atoms with Crippen molar-refractivity contribution in [2.75, 3.05) is 56.2 Å². The van der Waals surface area contributed by atoms with Gasteiger partial charge in [0, 0.05) is 74.8 Å². The van der Waals surface area contributed by atoms with Gasteiger partial charge in [0.05, 0.1) is 13.2 Å². The van der Waals surface area contributed by atoms with Gasteiger partial charge >= 0.3 is 0 Å². The Morgan fingerprint density at radius 3 is 2.77 bits per heavy atom. The number of aliphatic hydroxyl groups excluding tert-OH is 1. The van der Waals surface area contributed by atoms with Crippen molar-refractivity contribution in [1.29, 1.82) is 0 Å². The third-order valence-corrected chi connectivity index (χ3v) is 6.78. The van der Waals surface area contributed by atoms with Gasteiger partial charge in [0.1, 0.15) is 17.9 Å². The predicted octanol–water partition coefficient (Wildman–Crippen LogP) is 1.85. The monoisotopic (exact) mass is 472 g/mol. The number of β-amino-alcohol motifs (C(OH)–C–C–N with tert-alkyl or cyclic N) is 1. The highest BCUT2D eigenvalue weighted by Crippen LogP contribution is 2.29. The molecule has 6 rings (SSSR count). The molecule has 0 atom stereocenters. The van der Waals surface area contributed by atoms with Crippen LogP contribution in [0.3, 0.4) is 0 Å². The SMILES string of the molecule is OCCN1CCN(c2ccc(-c3cnc(NCc4cccc5c4CCO5)n4cnnc34)cn2)CC1. The number of fused-ring (bicyclic) bond motifs is 2. The molecule has 0 spiro atoms. The number of nitrogens with zero attached hydrogens (tertiary/aromatic N) is 7. The summed E-state index contributed by atoms with van der Waals surface area (Å²) in [5.74, 6) is 2.63. The van der Waals surface area contributed by atoms with Crippen LogP contribution in [0.1, 0.15) is 11.1 Å². The summed E-state index contributed by atoms with van der Waals surface area (Å²) in [7, 11) is 0. The van der Waals surface area contributed by atoms with Crippen molar-refractivity contribution < 1.29 is 9.84 Å². The number of aromatic nitrogens is 5. The fraction of sp³-hybridized carbons (Fsp3) is 0.360. The second kappa shape index (κ2) is 9.47. The van der Waals surface area contributed by atoms with E-state index in [9.17, 15) is 0 Å². The van der Waals surface area contributed by atoms with E-state index in [4.69, 9.17) is 14.8 Å². The third kappa shape index (κ3) is 4.26. The van der Waals surface area contributed by atoms with Gasteiger partial charge in [-0.05, 0) is 23.8 Å². The van der Waals surface area contributed by atoms with Crippen LogP contribution >= 0.6 is 0 Å². The molecule has 5 heterocycles. The highest BCUT2D eigenvalue weighted by molar-refractivity contribution is 5.77. The predicted molar refractivity (Wildman–Crippen MR) is 133 cm³/mol. The Morgan fingerprint density at radius 1 is 1.03 bits per heavy atom. The first kappa shape index (κ1) is 21.8. The van der Waals surface area contributed by atoms with E-state index in [1.54, 1.807) is 6.33 Å². The molecule has 1 fully saturated rings. The van der Waals surface area contributed by atoms with Crippen LogP contribution in [0.25, 0.3) is 16.8 Å². The van der Waals surface area contributed by atoms with Crippen LogP contribution in [0, 0.1) is 0 Å². The van der Waals surface area contributed by atoms with Crippen LogP contribution in [-0.4, -0.2) is 80.5 Å². The minimum Gasteiger partial charge on any atom is -0.493 e. The number of ether oxygens (including phenoxy) is 1. The summed E-state index contributed by atoms with van der Waals surface area (Å²) < 4.78 is 7.56. The number of benzene rings is 1. The van der Waals surface area contributed by atoms with Gasteiger partial charge in [-0.3, -0.25) is 9.30 Å². The van der Waals surface area contributed by atoms with Crippen molar-refractivity contribution in [3.8, 4) is 16.9 Å². The van der Waals surface area contributed by atoms with Crippen molar-refractivity contribution in [2.45, 2.75) is 13.0 Å². The maximum Gasteiger partial charge on any atom is 0.210 e. The number of hydrogen-bond acceptors (Lipinski definition) is 9. The number of rotatable bonds is 7. The molecule has 10 nitrogen and oxygen atoms in total. The Bertz CT molecular complexity index is 1320. The van der Waals surface area contributed by atoms with E-state index >= 15 is 0 Å². The summed E-state index contributed by atoms with van der Waals surface area (Å²) in [6, 6.07) is 10.3. The normalized spacial score (nSPS) is 15.9. The number of hydrogen-bond donors (Lipinski definition) is 2. The standard InChI is InChI=1S/C25H28N8O2/c34-12-11-31-7-9-32(10-8-31)23-5-4-19(14-26-23)21-16-28-25(33-17-29-30-24(21)33)27-15-18-2-1-3-22-20(18)6-13-35-22/h1-5,14,16-17,34H,6-13,15H2,(H,27,28). The Morgan fingerprint density at radius 2 is 1.94 bits per heavy atom. The van der Waals surface area contributed by atoms with Crippen LogP contribution in [-0.2, 0) is 13.0 Å². The van der Waals surface area contributed by atoms with E-state index in [1.807, 2.05) is 35.0 Å². The van der Waals surface area contributed by atoms with E-state index in [0.717, 1.165) is 74.1 Å². The van der Waals surface area contributed by atoms with Crippen molar-refractivity contribution in [2.24, 2.45) is 0 Å². The zero-order valence-corrected chi connectivity index (χ0v) is 19.5. The average molecular weight is 473 g/mol. The number of aliphatic hydroxyl groups is 1. The zero-order valence-electron chi connectivity index (χ0n) is 19.5. The number of nitrogens with one attached hydrogen (secondary N) is 1. The molecule has 35 heavy (non-hydrogen) atoms. The van der Waals surface area contributed by atoms with Gasteiger partial charge in [0.15, 0.2) is 5.65 Å². The molecule has 1 saturated heterocycles. The lowest BCUT2D eigenvalue weighted by Crippen LogP contribution is -2.47. The first-order chi connectivity index (χ1) is 17.3. The molecule has 0 bridgehead atoms. The first-order valence-corrected chi connectivity index (χ1v) is 12.0. The second-order valence-electron chi connectivity index (χ2n) is 8.82. The molecule has 1 aromatic carbocycles. The van der Waals surface area contributed by atoms with Crippen LogP contribution in [0.4, 0.5) is 11.8 Å². The molecule has 0 unspecified atom stereocenters. The summed E-state index contributed by atoms with van der Waals surface area (Å²) in [4.78, 5) is 13.9. The highest BCUT2D eigenvalue weighted by Gasteiger charge is 2.19. The Kier molecular flexibility index (Phi) is 5.89. The smallest absolute Gasteiger partial charge is 0.210 e. The molecule has 4 aromatic rings. The van der Waals surface area contributed by atoms with Gasteiger partial charge in [-0.2, -0.15) is 0 Å². The molecule has 0 radical (unpaired) electrons. The molecule has 10 heteroatoms. The fourth-order valence-corrected chi connectivity index (χ4v) is 4.86. The lowest BCUT2D eigenvalue weighted by Gasteiger charge is -2.35. The molecule has 0 amide bonds. The zero-order chi connectivity index (χ0) is 23.6. The van der Waals surface area contributed by atoms with Gasteiger partial charge in [0.2, 0.25) is 5.95 Å². The summed E-state index contributed by atoms with van der Waals surface area (Å²) in [5, 5.41) is 21.1. The largest absolute Gasteiger partial charge is 0.493 e. The summed E-state index contributed by atoms with van der Waals surface area (Å²) in [6.07, 6.45) is 6.32. The van der Waals surface area contributed by atoms with Gasteiger partial charge in [0.25, 0.3) is 0 Å². The first-order valence-electron chi connectivity index (χ1n) is 12.0. The van der Waals surface area contributed by atoms with Crippen molar-refractivity contribution in [1.82, 2.24) is 29.5 Å². The van der Waals surface area contributed by atoms with Crippen molar-refractivity contribution in [3.05, 3.63) is 60.2 Å². The molecule has 180 valence electrons. The fourth-order valence-electron chi connectivity index (χ4n) is 4.86. The highest BCUT2D eigenvalue weighted by atomic mass is 16.5. The van der Waals surface area contributed by atoms with Crippen LogP contribution in [0.2, 0.25) is 0 Å². The van der Waals surface area contributed by atoms with Gasteiger partial charge in [-0.25, -0.2) is 9.97 Å². The van der Waals surface area contributed by atoms with Crippen molar-refractivity contribution in [3.63, 3.8) is 0 Å². The molecule has 2 aliphatic heterocycles. The molecule has 0 aliphatic carbocycles. The Hall–Kier alpha value is -3.76. The maximum absolute atomic E-state index is 9.14. The van der Waals surface area contributed by atoms with E-state index in [2.05, 4.69) is 42.4 Å². The van der Waals surface area contributed by atoms with E-state index in [1.165, 1.54) is 11.1 Å². The lowest BCUT2D eigenvalue weighted by atomic mass is 10.1. The molecule has 3 aromatic heterocycles. The maximum atomic E-state index is 9.14. The molecular weight excluding hydrogens is 444 g/mol. The van der Waals surface area contributed by atoms with Crippen LogP contribution in [0.15, 0.2) is 49.1 Å². The third-order valence-electron chi connectivity index (χ3n) is 6.78. The van der Waals surface area contributed by atoms with Crippen molar-refractivity contribution >= 4 is 17.4 Å². The van der Waals surface area contributed by atoms with Gasteiger partial charge < -0.3 is 20.1 Å².